The summed E-state index contributed by atoms with van der Waals surface area (Å²) in [6, 6.07) is 9.85. The third kappa shape index (κ3) is 3.15. The number of nitrogens with zero attached hydrogens (tertiary/aromatic N) is 2. The van der Waals surface area contributed by atoms with Crippen LogP contribution in [0.5, 0.6) is 0 Å². The van der Waals surface area contributed by atoms with Gasteiger partial charge in [0.25, 0.3) is 5.91 Å². The average Bonchev–Trinajstić information content (AvgIpc) is 3.16. The molecule has 1 N–H and O–H groups in total. The molecule has 0 radical (unpaired) electrons. The lowest BCUT2D eigenvalue weighted by molar-refractivity contribution is 0.0711. The van der Waals surface area contributed by atoms with Crippen LogP contribution in [0.15, 0.2) is 34.7 Å². The topological polar surface area (TPSA) is 58.4 Å². The van der Waals surface area contributed by atoms with Crippen molar-refractivity contribution in [2.45, 2.75) is 19.4 Å². The fourth-order valence-electron chi connectivity index (χ4n) is 2.60. The second kappa shape index (κ2) is 6.94. The molecule has 2 aromatic rings. The second-order valence-electron chi connectivity index (χ2n) is 5.36. The summed E-state index contributed by atoms with van der Waals surface area (Å²) in [6.07, 6.45) is 0.973. The first-order chi connectivity index (χ1) is 10.2. The molecule has 1 unspecified atom stereocenters. The van der Waals surface area contributed by atoms with Gasteiger partial charge in [-0.15, -0.1) is 12.4 Å². The highest BCUT2D eigenvalue weighted by molar-refractivity contribution is 5.93. The van der Waals surface area contributed by atoms with Gasteiger partial charge < -0.3 is 14.6 Å². The number of likely N-dealkylation sites (N-methyl/N-ethyl adjacent to an activating group) is 1. The monoisotopic (exact) mass is 321 g/mol. The van der Waals surface area contributed by atoms with Crippen LogP contribution < -0.4 is 5.32 Å². The maximum atomic E-state index is 12.6. The molecule has 1 aromatic carbocycles. The molecule has 0 aliphatic carbocycles. The Bertz CT molecular complexity index is 636. The normalized spacial score (nSPS) is 17.1. The van der Waals surface area contributed by atoms with Crippen molar-refractivity contribution in [2.24, 2.45) is 0 Å². The molecule has 118 valence electrons. The standard InChI is InChI=1S/C16H19N3O2.ClH/c1-11-14(16(20)19(2)13-8-9-17-10-13)21-15(18-11)12-6-4-3-5-7-12;/h3-7,13,17H,8-10H2,1-2H3;1H. The molecule has 6 heteroatoms. The van der Waals surface area contributed by atoms with E-state index in [4.69, 9.17) is 4.42 Å². The van der Waals surface area contributed by atoms with E-state index in [-0.39, 0.29) is 24.4 Å². The van der Waals surface area contributed by atoms with Crippen LogP contribution in [-0.4, -0.2) is 42.0 Å². The van der Waals surface area contributed by atoms with E-state index in [1.165, 1.54) is 0 Å². The van der Waals surface area contributed by atoms with E-state index in [1.54, 1.807) is 4.90 Å². The van der Waals surface area contributed by atoms with E-state index in [0.717, 1.165) is 25.1 Å². The predicted molar refractivity (Wildman–Crippen MR) is 87.3 cm³/mol. The number of rotatable bonds is 3. The second-order valence-corrected chi connectivity index (χ2v) is 5.36. The molecule has 3 rings (SSSR count). The Labute approximate surface area is 136 Å². The van der Waals surface area contributed by atoms with E-state index in [9.17, 15) is 4.79 Å². The molecule has 1 aliphatic rings. The largest absolute Gasteiger partial charge is 0.431 e. The van der Waals surface area contributed by atoms with Gasteiger partial charge in [0.15, 0.2) is 0 Å². The smallest absolute Gasteiger partial charge is 0.291 e. The van der Waals surface area contributed by atoms with Crippen LogP contribution in [-0.2, 0) is 0 Å². The van der Waals surface area contributed by atoms with Gasteiger partial charge in [-0.3, -0.25) is 4.79 Å². The Morgan fingerprint density at radius 2 is 2.09 bits per heavy atom. The van der Waals surface area contributed by atoms with Crippen LogP contribution in [0.4, 0.5) is 0 Å². The summed E-state index contributed by atoms with van der Waals surface area (Å²) < 4.78 is 5.72. The molecule has 0 bridgehead atoms. The summed E-state index contributed by atoms with van der Waals surface area (Å²) in [4.78, 5) is 18.7. The van der Waals surface area contributed by atoms with Gasteiger partial charge in [0.1, 0.15) is 0 Å². The van der Waals surface area contributed by atoms with Crippen molar-refractivity contribution in [1.29, 1.82) is 0 Å². The minimum absolute atomic E-state index is 0. The first-order valence-corrected chi connectivity index (χ1v) is 7.17. The molecule has 2 heterocycles. The molecule has 1 aliphatic heterocycles. The lowest BCUT2D eigenvalue weighted by Crippen LogP contribution is -2.38. The minimum atomic E-state index is -0.101. The molecule has 1 fully saturated rings. The summed E-state index contributed by atoms with van der Waals surface area (Å²) >= 11 is 0. The minimum Gasteiger partial charge on any atom is -0.431 e. The van der Waals surface area contributed by atoms with Crippen LogP contribution in [0.1, 0.15) is 22.7 Å². The highest BCUT2D eigenvalue weighted by atomic mass is 35.5. The number of nitrogens with one attached hydrogen (secondary N) is 1. The van der Waals surface area contributed by atoms with Crippen LogP contribution >= 0.6 is 12.4 Å². The number of oxazole rings is 1. The number of hydrogen-bond donors (Lipinski definition) is 1. The zero-order valence-corrected chi connectivity index (χ0v) is 13.5. The third-order valence-corrected chi connectivity index (χ3v) is 3.91. The number of carbonyl (C=O) groups is 1. The highest BCUT2D eigenvalue weighted by Crippen LogP contribution is 2.23. The van der Waals surface area contributed by atoms with Crippen LogP contribution in [0, 0.1) is 6.92 Å². The molecule has 0 spiro atoms. The Kier molecular flexibility index (Phi) is 5.21. The van der Waals surface area contributed by atoms with Crippen LogP contribution in [0.25, 0.3) is 11.5 Å². The summed E-state index contributed by atoms with van der Waals surface area (Å²) in [5.74, 6) is 0.730. The SMILES string of the molecule is Cc1nc(-c2ccccc2)oc1C(=O)N(C)C1CCNC1.Cl. The first-order valence-electron chi connectivity index (χ1n) is 7.17. The van der Waals surface area contributed by atoms with Crippen molar-refractivity contribution in [3.05, 3.63) is 41.8 Å². The number of hydrogen-bond acceptors (Lipinski definition) is 4. The van der Waals surface area contributed by atoms with Gasteiger partial charge in [-0.1, -0.05) is 18.2 Å². The fraction of sp³-hybridized carbons (Fsp3) is 0.375. The fourth-order valence-corrected chi connectivity index (χ4v) is 2.60. The van der Waals surface area contributed by atoms with E-state index in [0.29, 0.717) is 17.3 Å². The molecule has 0 saturated carbocycles. The Morgan fingerprint density at radius 3 is 2.73 bits per heavy atom. The number of aryl methyl sites for hydroxylation is 1. The van der Waals surface area contributed by atoms with E-state index in [2.05, 4.69) is 10.3 Å². The van der Waals surface area contributed by atoms with Crippen molar-refractivity contribution >= 4 is 18.3 Å². The maximum Gasteiger partial charge on any atom is 0.291 e. The van der Waals surface area contributed by atoms with Gasteiger partial charge in [0.2, 0.25) is 11.7 Å². The maximum absolute atomic E-state index is 12.6. The number of carbonyl (C=O) groups excluding carboxylic acids is 1. The summed E-state index contributed by atoms with van der Waals surface area (Å²) in [6.45, 7) is 3.60. The van der Waals surface area contributed by atoms with Gasteiger partial charge in [-0.2, -0.15) is 0 Å². The number of benzene rings is 1. The van der Waals surface area contributed by atoms with Gasteiger partial charge in [-0.05, 0) is 32.0 Å². The zero-order chi connectivity index (χ0) is 14.8. The van der Waals surface area contributed by atoms with Crippen molar-refractivity contribution in [3.8, 4) is 11.5 Å². The summed E-state index contributed by atoms with van der Waals surface area (Å²) in [5.41, 5.74) is 1.52. The molecule has 1 aromatic heterocycles. The highest BCUT2D eigenvalue weighted by Gasteiger charge is 2.28. The zero-order valence-electron chi connectivity index (χ0n) is 12.7. The average molecular weight is 322 g/mol. The van der Waals surface area contributed by atoms with Gasteiger partial charge in [0.05, 0.1) is 5.69 Å². The van der Waals surface area contributed by atoms with E-state index in [1.807, 2.05) is 44.3 Å². The number of halogens is 1. The number of aromatic nitrogens is 1. The summed E-state index contributed by atoms with van der Waals surface area (Å²) in [7, 11) is 1.82. The molecule has 1 saturated heterocycles. The van der Waals surface area contributed by atoms with Gasteiger partial charge >= 0.3 is 0 Å². The van der Waals surface area contributed by atoms with Crippen molar-refractivity contribution in [1.82, 2.24) is 15.2 Å². The first kappa shape index (κ1) is 16.5. The Hall–Kier alpha value is -1.85. The van der Waals surface area contributed by atoms with Crippen molar-refractivity contribution in [3.63, 3.8) is 0 Å². The summed E-state index contributed by atoms with van der Waals surface area (Å²) in [5, 5.41) is 3.27. The molecular formula is C16H20ClN3O2. The Morgan fingerprint density at radius 1 is 1.36 bits per heavy atom. The third-order valence-electron chi connectivity index (χ3n) is 3.91. The van der Waals surface area contributed by atoms with Crippen molar-refractivity contribution in [2.75, 3.05) is 20.1 Å². The van der Waals surface area contributed by atoms with Gasteiger partial charge in [-0.25, -0.2) is 4.98 Å². The van der Waals surface area contributed by atoms with E-state index < -0.39 is 0 Å². The van der Waals surface area contributed by atoms with Crippen LogP contribution in [0.3, 0.4) is 0 Å². The van der Waals surface area contributed by atoms with Crippen molar-refractivity contribution < 1.29 is 9.21 Å². The van der Waals surface area contributed by atoms with Crippen LogP contribution in [0.2, 0.25) is 0 Å². The molecule has 1 atom stereocenters. The molecular weight excluding hydrogens is 302 g/mol. The quantitative estimate of drug-likeness (QED) is 0.943. The predicted octanol–water partition coefficient (Wildman–Crippen LogP) is 2.51. The molecule has 22 heavy (non-hydrogen) atoms. The number of amides is 1. The molecule has 1 amide bonds. The van der Waals surface area contributed by atoms with Gasteiger partial charge in [0, 0.05) is 25.2 Å². The Balaban J connectivity index is 0.00000176. The molecule has 5 nitrogen and oxygen atoms in total. The lowest BCUT2D eigenvalue weighted by atomic mass is 10.2. The van der Waals surface area contributed by atoms with E-state index >= 15 is 0 Å². The lowest BCUT2D eigenvalue weighted by Gasteiger charge is -2.22.